The molecule has 0 saturated carbocycles. The lowest BCUT2D eigenvalue weighted by molar-refractivity contribution is -0.150. The van der Waals surface area contributed by atoms with Gasteiger partial charge >= 0.3 is 5.97 Å². The predicted molar refractivity (Wildman–Crippen MR) is 143 cm³/mol. The van der Waals surface area contributed by atoms with Crippen LogP contribution in [0.15, 0.2) is 31.7 Å². The molecule has 36 heavy (non-hydrogen) atoms. The number of carbonyl (C=O) groups is 3. The van der Waals surface area contributed by atoms with Crippen molar-refractivity contribution in [2.24, 2.45) is 5.16 Å². The molecule has 2 atom stereocenters. The van der Waals surface area contributed by atoms with E-state index in [4.69, 9.17) is 10.6 Å². The van der Waals surface area contributed by atoms with Crippen LogP contribution in [0.5, 0.6) is 0 Å². The number of nitrogens with one attached hydrogen (secondary N) is 1. The number of carbonyl (C=O) groups excluding carboxylic acids is 2. The highest BCUT2D eigenvalue weighted by Crippen LogP contribution is 2.41. The number of aromatic nitrogens is 3. The number of rotatable bonds is 9. The Morgan fingerprint density at radius 1 is 1.36 bits per heavy atom. The number of aliphatic carboxylic acids is 1. The molecule has 0 bridgehead atoms. The summed E-state index contributed by atoms with van der Waals surface area (Å²) in [5.41, 5.74) is 8.05. The molecule has 0 spiro atoms. The van der Waals surface area contributed by atoms with Crippen molar-refractivity contribution in [1.29, 1.82) is 0 Å². The second kappa shape index (κ2) is 11.6. The number of hydrogen-bond acceptors (Lipinski definition) is 14. The monoisotopic (exact) mass is 607 g/mol. The van der Waals surface area contributed by atoms with Gasteiger partial charge in [0.25, 0.3) is 11.8 Å². The molecule has 5 heterocycles. The van der Waals surface area contributed by atoms with Crippen molar-refractivity contribution >= 4 is 99.0 Å². The molecule has 5 rings (SSSR count). The van der Waals surface area contributed by atoms with E-state index in [1.165, 1.54) is 39.8 Å². The minimum atomic E-state index is -1.19. The first-order valence-electron chi connectivity index (χ1n) is 10.0. The van der Waals surface area contributed by atoms with Crippen molar-refractivity contribution in [3.05, 3.63) is 27.9 Å². The van der Waals surface area contributed by atoms with Gasteiger partial charge in [-0.05, 0) is 5.57 Å². The Bertz CT molecular complexity index is 1220. The fourth-order valence-corrected chi connectivity index (χ4v) is 7.45. The smallest absolute Gasteiger partial charge is 0.352 e. The number of nitrogens with two attached hydrogens (primary N) is 1. The zero-order valence-corrected chi connectivity index (χ0v) is 23.0. The number of oxime groups is 1. The van der Waals surface area contributed by atoms with E-state index < -0.39 is 29.2 Å². The lowest BCUT2D eigenvalue weighted by atomic mass is 10.0. The fraction of sp³-hybridized carbons (Fsp3) is 0.389. The Hall–Kier alpha value is -2.05. The van der Waals surface area contributed by atoms with Crippen LogP contribution in [0.4, 0.5) is 5.13 Å². The molecule has 0 radical (unpaired) electrons. The molecule has 12 nitrogen and oxygen atoms in total. The Balaban J connectivity index is 0.00000304. The molecule has 3 aliphatic heterocycles. The van der Waals surface area contributed by atoms with Gasteiger partial charge in [-0.15, -0.1) is 45.7 Å². The minimum Gasteiger partial charge on any atom is -0.477 e. The van der Waals surface area contributed by atoms with E-state index in [0.717, 1.165) is 22.8 Å². The third-order valence-electron chi connectivity index (χ3n) is 5.13. The molecule has 18 heteroatoms. The van der Waals surface area contributed by atoms with Crippen molar-refractivity contribution in [3.63, 3.8) is 0 Å². The van der Waals surface area contributed by atoms with Gasteiger partial charge in [0.1, 0.15) is 34.4 Å². The van der Waals surface area contributed by atoms with Gasteiger partial charge in [0.05, 0.1) is 0 Å². The number of amides is 2. The van der Waals surface area contributed by atoms with Crippen LogP contribution >= 0.6 is 70.4 Å². The van der Waals surface area contributed by atoms with Gasteiger partial charge in [0.15, 0.2) is 15.2 Å². The average Bonchev–Trinajstić information content (AvgIpc) is 3.48. The van der Waals surface area contributed by atoms with Crippen molar-refractivity contribution in [2.45, 2.75) is 21.9 Å². The molecule has 2 aromatic heterocycles. The molecule has 2 amide bonds. The van der Waals surface area contributed by atoms with E-state index in [1.54, 1.807) is 22.7 Å². The van der Waals surface area contributed by atoms with E-state index in [2.05, 4.69) is 25.7 Å². The first-order valence-corrected chi connectivity index (χ1v) is 15.0. The zero-order chi connectivity index (χ0) is 24.5. The summed E-state index contributed by atoms with van der Waals surface area (Å²) in [5, 5.41) is 25.5. The summed E-state index contributed by atoms with van der Waals surface area (Å²) in [7, 11) is 0. The topological polar surface area (TPSA) is 173 Å². The van der Waals surface area contributed by atoms with Gasteiger partial charge in [-0.25, -0.2) is 9.78 Å². The molecule has 3 aliphatic rings. The predicted octanol–water partition coefficient (Wildman–Crippen LogP) is 1.37. The van der Waals surface area contributed by atoms with Gasteiger partial charge in [0.2, 0.25) is 0 Å². The largest absolute Gasteiger partial charge is 0.477 e. The third kappa shape index (κ3) is 5.45. The number of nitrogen functional groups attached to an aromatic ring is 1. The highest BCUT2D eigenvalue weighted by atomic mass is 35.5. The molecular formula is C18H18ClN7O5S5. The standard InChI is InChI=1S/C18H17N7O5S5.ClH/c19-17-21-9(5-33-17)10(24-30-8-3-31-4-8)13(26)22-11-14(27)25-12(16(28)29)7(1-32-15(11)25)2-34-18-23-20-6-35-18;/h5-6,8,11,15H,1-4H2,(H2,19,21)(H,22,26)(H,28,29);1H/b24-10+;. The summed E-state index contributed by atoms with van der Waals surface area (Å²) in [6.07, 6.45) is -0.0896. The molecular weight excluding hydrogens is 590 g/mol. The summed E-state index contributed by atoms with van der Waals surface area (Å²) in [6.45, 7) is 0. The second-order valence-corrected chi connectivity index (χ2v) is 12.5. The van der Waals surface area contributed by atoms with E-state index in [1.807, 2.05) is 0 Å². The third-order valence-corrected chi connectivity index (χ3v) is 10.3. The van der Waals surface area contributed by atoms with E-state index >= 15 is 0 Å². The Labute approximate surface area is 231 Å². The summed E-state index contributed by atoms with van der Waals surface area (Å²) in [6, 6.07) is -0.903. The van der Waals surface area contributed by atoms with E-state index in [9.17, 15) is 19.5 Å². The molecule has 4 N–H and O–H groups in total. The first kappa shape index (κ1) is 27.0. The number of anilines is 1. The van der Waals surface area contributed by atoms with E-state index in [-0.39, 0.29) is 40.7 Å². The number of carboxylic acid groups (broad SMARTS) is 1. The van der Waals surface area contributed by atoms with Crippen LogP contribution < -0.4 is 11.1 Å². The molecule has 0 aromatic carbocycles. The molecule has 0 aliphatic carbocycles. The number of hydrogen-bond donors (Lipinski definition) is 3. The first-order chi connectivity index (χ1) is 16.9. The van der Waals surface area contributed by atoms with Crippen molar-refractivity contribution in [1.82, 2.24) is 25.4 Å². The molecule has 2 aromatic rings. The molecule has 2 fully saturated rings. The number of nitrogens with zero attached hydrogens (tertiary/aromatic N) is 5. The maximum atomic E-state index is 13.1. The number of thioether (sulfide) groups is 3. The van der Waals surface area contributed by atoms with Crippen LogP contribution in [-0.2, 0) is 19.2 Å². The highest BCUT2D eigenvalue weighted by molar-refractivity contribution is 8.02. The van der Waals surface area contributed by atoms with Crippen LogP contribution in [0.3, 0.4) is 0 Å². The van der Waals surface area contributed by atoms with Crippen molar-refractivity contribution < 1.29 is 24.3 Å². The quantitative estimate of drug-likeness (QED) is 0.162. The average molecular weight is 608 g/mol. The maximum Gasteiger partial charge on any atom is 0.352 e. The van der Waals surface area contributed by atoms with E-state index in [0.29, 0.717) is 21.4 Å². The van der Waals surface area contributed by atoms with Gasteiger partial charge in [-0.1, -0.05) is 28.3 Å². The molecule has 192 valence electrons. The summed E-state index contributed by atoms with van der Waals surface area (Å²) in [4.78, 5) is 48.9. The molecule has 2 unspecified atom stereocenters. The second-order valence-electron chi connectivity index (χ2n) is 7.39. The van der Waals surface area contributed by atoms with Crippen LogP contribution in [0.1, 0.15) is 5.69 Å². The van der Waals surface area contributed by atoms with Gasteiger partial charge in [-0.3, -0.25) is 14.5 Å². The highest BCUT2D eigenvalue weighted by Gasteiger charge is 2.54. The summed E-state index contributed by atoms with van der Waals surface area (Å²) >= 11 is 6.98. The normalized spacial score (nSPS) is 21.7. The van der Waals surface area contributed by atoms with Gasteiger partial charge < -0.3 is 21.0 Å². The van der Waals surface area contributed by atoms with Crippen molar-refractivity contribution in [3.8, 4) is 0 Å². The SMILES string of the molecule is Cl.Nc1nc(/C(=N\OC2CSC2)C(=O)NC2C(=O)N3C(C(=O)O)=C(CSc4nncs4)CSC23)cs1. The van der Waals surface area contributed by atoms with Crippen LogP contribution in [0.2, 0.25) is 0 Å². The van der Waals surface area contributed by atoms with Crippen LogP contribution in [0, 0.1) is 0 Å². The Morgan fingerprint density at radius 3 is 2.78 bits per heavy atom. The number of β-lactam (4-membered cyclic amide) rings is 1. The number of carboxylic acids is 1. The summed E-state index contributed by atoms with van der Waals surface area (Å²) in [5.74, 6) is -0.00383. The molecule has 2 saturated heterocycles. The Kier molecular flexibility index (Phi) is 8.67. The van der Waals surface area contributed by atoms with Gasteiger partial charge in [-0.2, -0.15) is 11.8 Å². The van der Waals surface area contributed by atoms with Crippen LogP contribution in [-0.4, -0.2) is 89.2 Å². The summed E-state index contributed by atoms with van der Waals surface area (Å²) < 4.78 is 0.714. The minimum absolute atomic E-state index is 0. The van der Waals surface area contributed by atoms with Gasteiger partial charge in [0, 0.05) is 28.4 Å². The Morgan fingerprint density at radius 2 is 2.17 bits per heavy atom. The number of fused-ring (bicyclic) bond motifs is 1. The fourth-order valence-electron chi connectivity index (χ4n) is 3.38. The van der Waals surface area contributed by atoms with Crippen LogP contribution in [0.25, 0.3) is 0 Å². The zero-order valence-electron chi connectivity index (χ0n) is 18.1. The lowest BCUT2D eigenvalue weighted by Gasteiger charge is -2.49. The number of halogens is 1. The number of thiazole rings is 1. The van der Waals surface area contributed by atoms with Crippen molar-refractivity contribution in [2.75, 3.05) is 28.7 Å². The maximum absolute atomic E-state index is 13.1. The lowest BCUT2D eigenvalue weighted by Crippen LogP contribution is -2.71.